The minimum atomic E-state index is -0.0738. The highest BCUT2D eigenvalue weighted by Gasteiger charge is 2.13. The molecule has 0 aromatic carbocycles. The maximum Gasteiger partial charge on any atom is 0.240 e. The number of aromatic nitrogens is 4. The van der Waals surface area contributed by atoms with E-state index in [9.17, 15) is 4.79 Å². The molecule has 0 atom stereocenters. The van der Waals surface area contributed by atoms with Gasteiger partial charge < -0.3 is 4.57 Å². The Morgan fingerprint density at radius 1 is 1.41 bits per heavy atom. The van der Waals surface area contributed by atoms with E-state index < -0.39 is 0 Å². The molecule has 0 aliphatic rings. The number of hydrogen-bond acceptors (Lipinski definition) is 6. The number of likely N-dealkylation sites (N-methyl/N-ethyl adjacent to an activating group) is 1. The average Bonchev–Trinajstić information content (AvgIpc) is 3.08. The Labute approximate surface area is 134 Å². The van der Waals surface area contributed by atoms with Crippen molar-refractivity contribution in [2.75, 3.05) is 18.4 Å². The van der Waals surface area contributed by atoms with Gasteiger partial charge in [-0.15, -0.1) is 10.2 Å². The summed E-state index contributed by atoms with van der Waals surface area (Å²) in [6.07, 6.45) is 5.59. The van der Waals surface area contributed by atoms with Crippen molar-refractivity contribution < 1.29 is 4.79 Å². The van der Waals surface area contributed by atoms with Crippen molar-refractivity contribution in [2.45, 2.75) is 33.2 Å². The largest absolute Gasteiger partial charge is 0.337 e. The number of aryl methyl sites for hydroxylation is 2. The summed E-state index contributed by atoms with van der Waals surface area (Å²) in [7, 11) is 1.95. The summed E-state index contributed by atoms with van der Waals surface area (Å²) in [5, 5.41) is 12.4. The predicted octanol–water partition coefficient (Wildman–Crippen LogP) is 1.68. The van der Waals surface area contributed by atoms with Crippen molar-refractivity contribution in [2.24, 2.45) is 7.05 Å². The summed E-state index contributed by atoms with van der Waals surface area (Å²) in [6, 6.07) is 0. The Kier molecular flexibility index (Phi) is 6.02. The summed E-state index contributed by atoms with van der Waals surface area (Å²) in [5.74, 6) is 0.867. The molecule has 0 radical (unpaired) electrons. The van der Waals surface area contributed by atoms with E-state index in [-0.39, 0.29) is 5.91 Å². The molecule has 0 bridgehead atoms. The van der Waals surface area contributed by atoms with Gasteiger partial charge in [0.15, 0.2) is 0 Å². The molecule has 1 amide bonds. The van der Waals surface area contributed by atoms with Gasteiger partial charge in [-0.05, 0) is 13.0 Å². The summed E-state index contributed by atoms with van der Waals surface area (Å²) in [4.78, 5) is 18.4. The number of anilines is 1. The number of imidazole rings is 1. The zero-order chi connectivity index (χ0) is 15.9. The van der Waals surface area contributed by atoms with Gasteiger partial charge in [-0.2, -0.15) is 0 Å². The molecule has 0 aliphatic carbocycles. The van der Waals surface area contributed by atoms with E-state index in [1.165, 1.54) is 11.3 Å². The highest BCUT2D eigenvalue weighted by Crippen LogP contribution is 2.16. The number of nitrogens with one attached hydrogen (secondary N) is 1. The number of hydrogen-bond donors (Lipinski definition) is 1. The first kappa shape index (κ1) is 16.6. The molecular formula is C14H22N6OS. The molecule has 120 valence electrons. The molecule has 2 aromatic heterocycles. The van der Waals surface area contributed by atoms with Gasteiger partial charge in [0.1, 0.15) is 10.8 Å². The van der Waals surface area contributed by atoms with Gasteiger partial charge in [-0.1, -0.05) is 25.2 Å². The first-order valence-corrected chi connectivity index (χ1v) is 8.24. The molecule has 8 heteroatoms. The highest BCUT2D eigenvalue weighted by atomic mass is 32.1. The number of nitrogens with zero attached hydrogens (tertiary/aromatic N) is 5. The van der Waals surface area contributed by atoms with Crippen molar-refractivity contribution >= 4 is 22.4 Å². The van der Waals surface area contributed by atoms with Crippen LogP contribution in [0.2, 0.25) is 0 Å². The van der Waals surface area contributed by atoms with Crippen LogP contribution in [0.3, 0.4) is 0 Å². The molecule has 22 heavy (non-hydrogen) atoms. The molecule has 1 N–H and O–H groups in total. The van der Waals surface area contributed by atoms with Crippen molar-refractivity contribution in [1.82, 2.24) is 24.6 Å². The van der Waals surface area contributed by atoms with Gasteiger partial charge in [0.2, 0.25) is 11.0 Å². The second kappa shape index (κ2) is 8.00. The van der Waals surface area contributed by atoms with Crippen LogP contribution < -0.4 is 5.32 Å². The maximum absolute atomic E-state index is 12.1. The summed E-state index contributed by atoms with van der Waals surface area (Å²) < 4.78 is 1.96. The zero-order valence-corrected chi connectivity index (χ0v) is 14.1. The lowest BCUT2D eigenvalue weighted by Crippen LogP contribution is -2.33. The fourth-order valence-electron chi connectivity index (χ4n) is 2.01. The van der Waals surface area contributed by atoms with E-state index >= 15 is 0 Å². The lowest BCUT2D eigenvalue weighted by atomic mass is 10.4. The fourth-order valence-corrected chi connectivity index (χ4v) is 2.87. The Bertz CT molecular complexity index is 608. The highest BCUT2D eigenvalue weighted by molar-refractivity contribution is 7.15. The monoisotopic (exact) mass is 322 g/mol. The average molecular weight is 322 g/mol. The normalized spacial score (nSPS) is 11.1. The van der Waals surface area contributed by atoms with E-state index in [4.69, 9.17) is 0 Å². The van der Waals surface area contributed by atoms with Crippen molar-refractivity contribution in [3.8, 4) is 0 Å². The van der Waals surface area contributed by atoms with Gasteiger partial charge in [0.25, 0.3) is 0 Å². The molecule has 0 unspecified atom stereocenters. The van der Waals surface area contributed by atoms with Crippen LogP contribution in [0.15, 0.2) is 12.4 Å². The van der Waals surface area contributed by atoms with E-state index in [0.717, 1.165) is 30.2 Å². The Hall–Kier alpha value is -1.80. The zero-order valence-electron chi connectivity index (χ0n) is 13.2. The fraction of sp³-hybridized carbons (Fsp3) is 0.571. The summed E-state index contributed by atoms with van der Waals surface area (Å²) in [5.41, 5.74) is 0. The Morgan fingerprint density at radius 2 is 2.23 bits per heavy atom. The van der Waals surface area contributed by atoms with Gasteiger partial charge >= 0.3 is 0 Å². The molecule has 2 heterocycles. The van der Waals surface area contributed by atoms with Crippen molar-refractivity contribution in [3.05, 3.63) is 23.2 Å². The van der Waals surface area contributed by atoms with E-state index in [1.54, 1.807) is 6.20 Å². The number of rotatable bonds is 8. The first-order valence-electron chi connectivity index (χ1n) is 7.43. The van der Waals surface area contributed by atoms with Crippen LogP contribution >= 0.6 is 11.3 Å². The Morgan fingerprint density at radius 3 is 2.86 bits per heavy atom. The minimum Gasteiger partial charge on any atom is -0.337 e. The lowest BCUT2D eigenvalue weighted by Gasteiger charge is -2.18. The molecule has 0 aliphatic heterocycles. The molecule has 0 saturated carbocycles. The standard InChI is InChI=1S/C14H22N6OS/c1-4-6-13-17-18-14(22-13)16-12(21)10-20(5-2)9-11-15-7-8-19(11)3/h7-8H,4-6,9-10H2,1-3H3,(H,16,18,21). The number of carbonyl (C=O) groups is 1. The SMILES string of the molecule is CCCc1nnc(NC(=O)CN(CC)Cc2nccn2C)s1. The molecule has 7 nitrogen and oxygen atoms in total. The van der Waals surface area contributed by atoms with Gasteiger partial charge in [-0.3, -0.25) is 15.0 Å². The third kappa shape index (κ3) is 4.60. The van der Waals surface area contributed by atoms with E-state index in [0.29, 0.717) is 18.2 Å². The van der Waals surface area contributed by atoms with E-state index in [2.05, 4.69) is 27.4 Å². The van der Waals surface area contributed by atoms with Crippen LogP contribution in [0, 0.1) is 0 Å². The maximum atomic E-state index is 12.1. The number of carbonyl (C=O) groups excluding carboxylic acids is 1. The minimum absolute atomic E-state index is 0.0738. The van der Waals surface area contributed by atoms with Crippen LogP contribution in [0.1, 0.15) is 31.1 Å². The summed E-state index contributed by atoms with van der Waals surface area (Å²) in [6.45, 7) is 5.85. The molecule has 0 saturated heterocycles. The van der Waals surface area contributed by atoms with E-state index in [1.807, 2.05) is 29.6 Å². The molecule has 2 rings (SSSR count). The van der Waals surface area contributed by atoms with Crippen LogP contribution in [0.4, 0.5) is 5.13 Å². The van der Waals surface area contributed by atoms with Gasteiger partial charge in [-0.25, -0.2) is 4.98 Å². The van der Waals surface area contributed by atoms with Crippen LogP contribution in [-0.4, -0.2) is 43.6 Å². The molecular weight excluding hydrogens is 300 g/mol. The molecule has 0 spiro atoms. The second-order valence-corrected chi connectivity index (χ2v) is 6.12. The first-order chi connectivity index (χ1) is 10.6. The van der Waals surface area contributed by atoms with Crippen LogP contribution in [0.25, 0.3) is 0 Å². The second-order valence-electron chi connectivity index (χ2n) is 5.06. The third-order valence-corrected chi connectivity index (χ3v) is 4.18. The summed E-state index contributed by atoms with van der Waals surface area (Å²) >= 11 is 1.44. The van der Waals surface area contributed by atoms with Crippen LogP contribution in [0.5, 0.6) is 0 Å². The number of amides is 1. The third-order valence-electron chi connectivity index (χ3n) is 3.28. The smallest absolute Gasteiger partial charge is 0.240 e. The van der Waals surface area contributed by atoms with Gasteiger partial charge in [0, 0.05) is 25.9 Å². The predicted molar refractivity (Wildman–Crippen MR) is 86.7 cm³/mol. The topological polar surface area (TPSA) is 75.9 Å². The Balaban J connectivity index is 1.87. The van der Waals surface area contributed by atoms with Gasteiger partial charge in [0.05, 0.1) is 13.1 Å². The molecule has 2 aromatic rings. The lowest BCUT2D eigenvalue weighted by molar-refractivity contribution is -0.117. The van der Waals surface area contributed by atoms with Crippen molar-refractivity contribution in [3.63, 3.8) is 0 Å². The quantitative estimate of drug-likeness (QED) is 0.800. The van der Waals surface area contributed by atoms with Crippen molar-refractivity contribution in [1.29, 1.82) is 0 Å². The van der Waals surface area contributed by atoms with Crippen LogP contribution in [-0.2, 0) is 24.8 Å². The molecule has 0 fully saturated rings.